The molecule has 0 amide bonds. The molecule has 0 bridgehead atoms. The molecule has 20 heavy (non-hydrogen) atoms. The Balaban J connectivity index is 1.77. The molecule has 0 aliphatic carbocycles. The van der Waals surface area contributed by atoms with Gasteiger partial charge in [-0.3, -0.25) is 0 Å². The summed E-state index contributed by atoms with van der Waals surface area (Å²) in [4.78, 5) is 8.59. The van der Waals surface area contributed by atoms with E-state index in [1.54, 1.807) is 10.8 Å². The molecule has 3 rings (SSSR count). The van der Waals surface area contributed by atoms with Crippen LogP contribution in [0, 0.1) is 6.92 Å². The molecule has 3 aromatic rings. The van der Waals surface area contributed by atoms with Crippen LogP contribution < -0.4 is 10.2 Å². The number of H-pyrrole nitrogens is 1. The lowest BCUT2D eigenvalue weighted by atomic mass is 10.0. The number of fused-ring (bicyclic) bond motifs is 1. The van der Waals surface area contributed by atoms with Crippen molar-refractivity contribution in [2.75, 3.05) is 5.73 Å². The number of rotatable bonds is 4. The van der Waals surface area contributed by atoms with Gasteiger partial charge in [-0.1, -0.05) is 35.3 Å². The maximum Gasteiger partial charge on any atom is 0.408 e. The van der Waals surface area contributed by atoms with Gasteiger partial charge in [-0.05, 0) is 31.7 Å². The summed E-state index contributed by atoms with van der Waals surface area (Å²) in [6, 6.07) is 10.5. The fraction of sp³-hybridized carbons (Fsp3) is 0.267. The van der Waals surface area contributed by atoms with Crippen LogP contribution in [0.4, 0.5) is 5.82 Å². The Morgan fingerprint density at radius 2 is 2.00 bits per heavy atom. The molecular formula is C15H18N5+. The van der Waals surface area contributed by atoms with Gasteiger partial charge >= 0.3 is 5.78 Å². The van der Waals surface area contributed by atoms with Crippen LogP contribution >= 0.6 is 0 Å². The topological polar surface area (TPSA) is 71.7 Å². The van der Waals surface area contributed by atoms with Crippen molar-refractivity contribution in [2.45, 2.75) is 26.2 Å². The number of aromatic amines is 1. The molecule has 0 atom stereocenters. The molecule has 0 fully saturated rings. The minimum Gasteiger partial charge on any atom is -0.333 e. The van der Waals surface area contributed by atoms with Crippen molar-refractivity contribution < 1.29 is 4.52 Å². The molecule has 3 N–H and O–H groups in total. The van der Waals surface area contributed by atoms with Gasteiger partial charge in [-0.2, -0.15) is 0 Å². The number of benzene rings is 1. The van der Waals surface area contributed by atoms with Gasteiger partial charge in [-0.15, -0.1) is 9.50 Å². The quantitative estimate of drug-likeness (QED) is 0.706. The highest BCUT2D eigenvalue weighted by Crippen LogP contribution is 2.15. The highest BCUT2D eigenvalue weighted by Gasteiger charge is 2.17. The van der Waals surface area contributed by atoms with Crippen molar-refractivity contribution in [3.8, 4) is 0 Å². The zero-order valence-electron chi connectivity index (χ0n) is 11.5. The summed E-state index contributed by atoms with van der Waals surface area (Å²) in [6.45, 7) is 1.99. The number of hydrogen-bond acceptors (Lipinski definition) is 3. The molecule has 5 nitrogen and oxygen atoms in total. The van der Waals surface area contributed by atoms with Crippen LogP contribution in [0.15, 0.2) is 36.7 Å². The zero-order chi connectivity index (χ0) is 13.9. The average Bonchev–Trinajstić information content (AvgIpc) is 2.92. The normalized spacial score (nSPS) is 11.1. The summed E-state index contributed by atoms with van der Waals surface area (Å²) < 4.78 is 1.73. The van der Waals surface area contributed by atoms with Crippen molar-refractivity contribution in [3.63, 3.8) is 0 Å². The number of nitrogens with one attached hydrogen (secondary N) is 1. The molecule has 0 radical (unpaired) electrons. The van der Waals surface area contributed by atoms with E-state index in [0.717, 1.165) is 30.5 Å². The van der Waals surface area contributed by atoms with Gasteiger partial charge in [0, 0.05) is 0 Å². The predicted molar refractivity (Wildman–Crippen MR) is 77.2 cm³/mol. The van der Waals surface area contributed by atoms with E-state index in [1.165, 1.54) is 5.56 Å². The Labute approximate surface area is 117 Å². The Morgan fingerprint density at radius 1 is 1.20 bits per heavy atom. The van der Waals surface area contributed by atoms with Gasteiger partial charge < -0.3 is 5.73 Å². The molecule has 0 saturated heterocycles. The number of hydrogen-bond donors (Lipinski definition) is 2. The lowest BCUT2D eigenvalue weighted by Crippen LogP contribution is -2.31. The van der Waals surface area contributed by atoms with Gasteiger partial charge in [0.05, 0.1) is 5.56 Å². The second-order valence-corrected chi connectivity index (χ2v) is 4.92. The van der Waals surface area contributed by atoms with Gasteiger partial charge in [0.1, 0.15) is 5.69 Å². The first-order chi connectivity index (χ1) is 9.75. The second kappa shape index (κ2) is 5.28. The fourth-order valence-corrected chi connectivity index (χ4v) is 2.48. The Hall–Kier alpha value is -2.43. The smallest absolute Gasteiger partial charge is 0.333 e. The van der Waals surface area contributed by atoms with Crippen molar-refractivity contribution >= 4 is 11.6 Å². The van der Waals surface area contributed by atoms with Gasteiger partial charge in [0.2, 0.25) is 5.82 Å². The first kappa shape index (κ1) is 12.6. The minimum atomic E-state index is 0.617. The van der Waals surface area contributed by atoms with Crippen LogP contribution in [0.2, 0.25) is 0 Å². The highest BCUT2D eigenvalue weighted by atomic mass is 15.3. The van der Waals surface area contributed by atoms with Crippen LogP contribution in [-0.2, 0) is 12.8 Å². The number of nitrogen functional groups attached to an aromatic ring is 1. The zero-order valence-corrected chi connectivity index (χ0v) is 11.5. The molecule has 2 aromatic heterocycles. The predicted octanol–water partition coefficient (Wildman–Crippen LogP) is 1.61. The van der Waals surface area contributed by atoms with E-state index in [1.807, 2.05) is 13.0 Å². The number of anilines is 1. The fourth-order valence-electron chi connectivity index (χ4n) is 2.48. The van der Waals surface area contributed by atoms with Crippen LogP contribution in [0.3, 0.4) is 0 Å². The van der Waals surface area contributed by atoms with Gasteiger partial charge in [-0.25, -0.2) is 5.10 Å². The van der Waals surface area contributed by atoms with E-state index >= 15 is 0 Å². The summed E-state index contributed by atoms with van der Waals surface area (Å²) in [7, 11) is 0. The summed E-state index contributed by atoms with van der Waals surface area (Å²) >= 11 is 0. The largest absolute Gasteiger partial charge is 0.408 e. The van der Waals surface area contributed by atoms with E-state index in [0.29, 0.717) is 11.6 Å². The summed E-state index contributed by atoms with van der Waals surface area (Å²) in [6.07, 6.45) is 4.62. The van der Waals surface area contributed by atoms with Crippen LogP contribution in [-0.4, -0.2) is 15.1 Å². The van der Waals surface area contributed by atoms with E-state index < -0.39 is 0 Å². The van der Waals surface area contributed by atoms with E-state index in [-0.39, 0.29) is 0 Å². The Morgan fingerprint density at radius 3 is 2.80 bits per heavy atom. The lowest BCUT2D eigenvalue weighted by Gasteiger charge is -2.05. The summed E-state index contributed by atoms with van der Waals surface area (Å²) in [5.74, 6) is 1.32. The molecule has 5 heteroatoms. The molecular weight excluding hydrogens is 250 g/mol. The van der Waals surface area contributed by atoms with Gasteiger partial charge in [0.15, 0.2) is 6.33 Å². The van der Waals surface area contributed by atoms with Crippen LogP contribution in [0.1, 0.15) is 23.2 Å². The first-order valence-corrected chi connectivity index (χ1v) is 6.79. The SMILES string of the molecule is Cc1nc2nc[nH][n+]2c(N)c1CCCc1ccccc1. The first-order valence-electron chi connectivity index (χ1n) is 6.79. The molecule has 102 valence electrons. The number of nitrogens with zero attached hydrogens (tertiary/aromatic N) is 3. The number of nitrogens with two attached hydrogens (primary N) is 1. The van der Waals surface area contributed by atoms with E-state index in [4.69, 9.17) is 5.73 Å². The van der Waals surface area contributed by atoms with E-state index in [2.05, 4.69) is 39.3 Å². The van der Waals surface area contributed by atoms with Crippen molar-refractivity contribution in [1.82, 2.24) is 15.1 Å². The highest BCUT2D eigenvalue weighted by molar-refractivity contribution is 5.40. The van der Waals surface area contributed by atoms with Gasteiger partial charge in [0.25, 0.3) is 0 Å². The van der Waals surface area contributed by atoms with E-state index in [9.17, 15) is 0 Å². The molecule has 0 aliphatic rings. The number of aryl methyl sites for hydroxylation is 2. The third-order valence-corrected chi connectivity index (χ3v) is 3.56. The summed E-state index contributed by atoms with van der Waals surface area (Å²) in [5.41, 5.74) is 9.61. The average molecular weight is 268 g/mol. The minimum absolute atomic E-state index is 0.617. The van der Waals surface area contributed by atoms with Crippen molar-refractivity contribution in [3.05, 3.63) is 53.5 Å². The molecule has 1 aromatic carbocycles. The molecule has 0 spiro atoms. The Kier molecular flexibility index (Phi) is 3.33. The maximum atomic E-state index is 6.20. The lowest BCUT2D eigenvalue weighted by molar-refractivity contribution is -0.564. The molecule has 0 aliphatic heterocycles. The Bertz CT molecular complexity index is 718. The van der Waals surface area contributed by atoms with Crippen molar-refractivity contribution in [1.29, 1.82) is 0 Å². The van der Waals surface area contributed by atoms with Crippen LogP contribution in [0.25, 0.3) is 5.78 Å². The molecule has 2 heterocycles. The third kappa shape index (κ3) is 2.34. The maximum absolute atomic E-state index is 6.20. The molecule has 0 saturated carbocycles. The van der Waals surface area contributed by atoms with Crippen LogP contribution in [0.5, 0.6) is 0 Å². The second-order valence-electron chi connectivity index (χ2n) is 4.92. The van der Waals surface area contributed by atoms with Crippen molar-refractivity contribution in [2.24, 2.45) is 0 Å². The third-order valence-electron chi connectivity index (χ3n) is 3.56. The summed E-state index contributed by atoms with van der Waals surface area (Å²) in [5, 5.41) is 2.98. The number of aromatic nitrogens is 4. The molecule has 0 unspecified atom stereocenters. The monoisotopic (exact) mass is 268 g/mol. The standard InChI is InChI=1S/C15H17N5/c1-11-13(9-5-8-12-6-3-2-4-7-12)14(16)20-15(19-11)17-10-18-20/h2-4,6-7,10H,5,8-9H2,1H3,(H2,16,17,18,19)/p+1.